The van der Waals surface area contributed by atoms with Gasteiger partial charge in [0.2, 0.25) is 5.91 Å². The number of piperazine rings is 1. The zero-order valence-electron chi connectivity index (χ0n) is 9.39. The smallest absolute Gasteiger partial charge is 0.240 e. The summed E-state index contributed by atoms with van der Waals surface area (Å²) in [6, 6.07) is 0.0226. The molecule has 2 N–H and O–H groups in total. The fourth-order valence-electron chi connectivity index (χ4n) is 2.11. The number of aliphatic hydroxyl groups is 1. The largest absolute Gasteiger partial charge is 0.395 e. The summed E-state index contributed by atoms with van der Waals surface area (Å²) in [5.74, 6) is 2.03. The van der Waals surface area contributed by atoms with Gasteiger partial charge in [0, 0.05) is 44.4 Å². The number of amides is 1. The minimum absolute atomic E-state index is 0.0226. The van der Waals surface area contributed by atoms with Gasteiger partial charge in [0.15, 0.2) is 0 Å². The van der Waals surface area contributed by atoms with E-state index in [1.54, 1.807) is 11.8 Å². The van der Waals surface area contributed by atoms with Crippen LogP contribution in [-0.2, 0) is 4.79 Å². The summed E-state index contributed by atoms with van der Waals surface area (Å²) in [6.07, 6.45) is 0. The van der Waals surface area contributed by atoms with Crippen LogP contribution in [0.25, 0.3) is 0 Å². The van der Waals surface area contributed by atoms with Gasteiger partial charge >= 0.3 is 0 Å². The normalized spacial score (nSPS) is 27.3. The number of hydrogen-bond donors (Lipinski definition) is 2. The van der Waals surface area contributed by atoms with Crippen molar-refractivity contribution in [3.63, 3.8) is 0 Å². The standard InChI is InChI=1S/C10H19N3O2S/c14-6-5-12-1-3-13(4-2-12)10(15)9-7-16-8-11-9/h9,11,14H,1-8H2. The highest BCUT2D eigenvalue weighted by molar-refractivity contribution is 7.99. The molecule has 0 aromatic heterocycles. The molecule has 2 aliphatic heterocycles. The first kappa shape index (κ1) is 12.2. The van der Waals surface area contributed by atoms with Crippen LogP contribution in [0.5, 0.6) is 0 Å². The molecule has 2 saturated heterocycles. The molecule has 0 bridgehead atoms. The lowest BCUT2D eigenvalue weighted by molar-refractivity contribution is -0.134. The summed E-state index contributed by atoms with van der Waals surface area (Å²) in [7, 11) is 0. The summed E-state index contributed by atoms with van der Waals surface area (Å²) in [6.45, 7) is 4.27. The Morgan fingerprint density at radius 1 is 1.38 bits per heavy atom. The molecular formula is C10H19N3O2S. The Labute approximate surface area is 100 Å². The molecule has 0 spiro atoms. The minimum Gasteiger partial charge on any atom is -0.395 e. The number of nitrogens with zero attached hydrogens (tertiary/aromatic N) is 2. The minimum atomic E-state index is 0.0226. The Morgan fingerprint density at radius 2 is 2.12 bits per heavy atom. The Kier molecular flexibility index (Phi) is 4.45. The van der Waals surface area contributed by atoms with Crippen molar-refractivity contribution in [1.82, 2.24) is 15.1 Å². The summed E-state index contributed by atoms with van der Waals surface area (Å²) in [5, 5.41) is 12.0. The van der Waals surface area contributed by atoms with Gasteiger partial charge in [-0.15, -0.1) is 11.8 Å². The number of nitrogens with one attached hydrogen (secondary N) is 1. The number of carbonyl (C=O) groups is 1. The number of thioether (sulfide) groups is 1. The molecule has 0 aliphatic carbocycles. The van der Waals surface area contributed by atoms with Crippen LogP contribution in [0.1, 0.15) is 0 Å². The first-order valence-corrected chi connectivity index (χ1v) is 6.90. The zero-order valence-corrected chi connectivity index (χ0v) is 10.2. The number of β-amino-alcohol motifs (C(OH)–C–C–N with tert-alkyl or cyclic N) is 1. The number of aliphatic hydroxyl groups excluding tert-OH is 1. The molecule has 16 heavy (non-hydrogen) atoms. The number of carbonyl (C=O) groups excluding carboxylic acids is 1. The molecule has 0 aromatic rings. The van der Waals surface area contributed by atoms with E-state index < -0.39 is 0 Å². The molecular weight excluding hydrogens is 226 g/mol. The second-order valence-electron chi connectivity index (χ2n) is 4.16. The molecule has 92 valence electrons. The van der Waals surface area contributed by atoms with Crippen LogP contribution in [-0.4, -0.2) is 77.8 Å². The van der Waals surface area contributed by atoms with Crippen LogP contribution in [0.2, 0.25) is 0 Å². The average Bonchev–Trinajstić information content (AvgIpc) is 2.83. The lowest BCUT2D eigenvalue weighted by Crippen LogP contribution is -2.53. The maximum Gasteiger partial charge on any atom is 0.240 e. The van der Waals surface area contributed by atoms with Crippen molar-refractivity contribution in [2.75, 3.05) is 51.0 Å². The third-order valence-electron chi connectivity index (χ3n) is 3.11. The molecule has 2 rings (SSSR count). The van der Waals surface area contributed by atoms with Gasteiger partial charge in [-0.05, 0) is 0 Å². The van der Waals surface area contributed by atoms with Crippen LogP contribution < -0.4 is 5.32 Å². The SMILES string of the molecule is O=C(C1CSCN1)N1CCN(CCO)CC1. The fraction of sp³-hybridized carbons (Fsp3) is 0.900. The van der Waals surface area contributed by atoms with Gasteiger partial charge in [0.25, 0.3) is 0 Å². The molecule has 5 nitrogen and oxygen atoms in total. The highest BCUT2D eigenvalue weighted by Crippen LogP contribution is 2.13. The van der Waals surface area contributed by atoms with Gasteiger partial charge in [0.1, 0.15) is 0 Å². The lowest BCUT2D eigenvalue weighted by Gasteiger charge is -2.35. The summed E-state index contributed by atoms with van der Waals surface area (Å²) in [5.41, 5.74) is 0. The van der Waals surface area contributed by atoms with E-state index in [1.165, 1.54) is 0 Å². The summed E-state index contributed by atoms with van der Waals surface area (Å²) < 4.78 is 0. The van der Waals surface area contributed by atoms with Crippen molar-refractivity contribution in [1.29, 1.82) is 0 Å². The van der Waals surface area contributed by atoms with Gasteiger partial charge in [0.05, 0.1) is 12.6 Å². The highest BCUT2D eigenvalue weighted by atomic mass is 32.2. The van der Waals surface area contributed by atoms with Crippen LogP contribution in [0.3, 0.4) is 0 Å². The molecule has 1 amide bonds. The van der Waals surface area contributed by atoms with Gasteiger partial charge in [-0.1, -0.05) is 0 Å². The highest BCUT2D eigenvalue weighted by Gasteiger charge is 2.29. The average molecular weight is 245 g/mol. The number of rotatable bonds is 3. The predicted octanol–water partition coefficient (Wildman–Crippen LogP) is -1.21. The van der Waals surface area contributed by atoms with Crippen LogP contribution in [0, 0.1) is 0 Å². The van der Waals surface area contributed by atoms with Crippen LogP contribution >= 0.6 is 11.8 Å². The van der Waals surface area contributed by atoms with E-state index in [2.05, 4.69) is 10.2 Å². The van der Waals surface area contributed by atoms with Gasteiger partial charge < -0.3 is 10.0 Å². The van der Waals surface area contributed by atoms with E-state index in [-0.39, 0.29) is 18.6 Å². The maximum atomic E-state index is 12.0. The van der Waals surface area contributed by atoms with E-state index in [9.17, 15) is 4.79 Å². The Morgan fingerprint density at radius 3 is 2.69 bits per heavy atom. The van der Waals surface area contributed by atoms with Crippen LogP contribution in [0.4, 0.5) is 0 Å². The predicted molar refractivity (Wildman–Crippen MR) is 64.4 cm³/mol. The van der Waals surface area contributed by atoms with Crippen molar-refractivity contribution in [2.24, 2.45) is 0 Å². The van der Waals surface area contributed by atoms with Crippen LogP contribution in [0.15, 0.2) is 0 Å². The van der Waals surface area contributed by atoms with Crippen molar-refractivity contribution < 1.29 is 9.90 Å². The van der Waals surface area contributed by atoms with Crippen molar-refractivity contribution >= 4 is 17.7 Å². The first-order valence-electron chi connectivity index (χ1n) is 5.74. The second-order valence-corrected chi connectivity index (χ2v) is 5.19. The summed E-state index contributed by atoms with van der Waals surface area (Å²) in [4.78, 5) is 16.2. The Balaban J connectivity index is 1.77. The zero-order chi connectivity index (χ0) is 11.4. The lowest BCUT2D eigenvalue weighted by atomic mass is 10.2. The fourth-order valence-corrected chi connectivity index (χ4v) is 3.04. The monoisotopic (exact) mass is 245 g/mol. The van der Waals surface area contributed by atoms with E-state index in [4.69, 9.17) is 5.11 Å². The van der Waals surface area contributed by atoms with Gasteiger partial charge in [-0.25, -0.2) is 0 Å². The molecule has 0 radical (unpaired) electrons. The molecule has 6 heteroatoms. The quantitative estimate of drug-likeness (QED) is 0.653. The molecule has 2 heterocycles. The van der Waals surface area contributed by atoms with E-state index in [0.717, 1.165) is 44.4 Å². The third-order valence-corrected chi connectivity index (χ3v) is 4.05. The third kappa shape index (κ3) is 2.88. The number of hydrogen-bond acceptors (Lipinski definition) is 5. The van der Waals surface area contributed by atoms with E-state index in [0.29, 0.717) is 0 Å². The molecule has 2 fully saturated rings. The molecule has 0 saturated carbocycles. The second kappa shape index (κ2) is 5.86. The molecule has 1 unspecified atom stereocenters. The van der Waals surface area contributed by atoms with Gasteiger partial charge in [-0.2, -0.15) is 0 Å². The first-order chi connectivity index (χ1) is 7.81. The van der Waals surface area contributed by atoms with Crippen molar-refractivity contribution in [2.45, 2.75) is 6.04 Å². The van der Waals surface area contributed by atoms with Crippen molar-refractivity contribution in [3.8, 4) is 0 Å². The molecule has 2 aliphatic rings. The summed E-state index contributed by atoms with van der Waals surface area (Å²) >= 11 is 1.78. The molecule has 0 aromatic carbocycles. The van der Waals surface area contributed by atoms with E-state index in [1.807, 2.05) is 4.90 Å². The maximum absolute atomic E-state index is 12.0. The van der Waals surface area contributed by atoms with E-state index >= 15 is 0 Å². The van der Waals surface area contributed by atoms with Gasteiger partial charge in [-0.3, -0.25) is 15.0 Å². The van der Waals surface area contributed by atoms with Crippen molar-refractivity contribution in [3.05, 3.63) is 0 Å². The Bertz CT molecular complexity index is 238. The molecule has 1 atom stereocenters. The topological polar surface area (TPSA) is 55.8 Å². The Hall–Kier alpha value is -0.300.